The van der Waals surface area contributed by atoms with Gasteiger partial charge in [0.15, 0.2) is 0 Å². The number of amides is 1. The Balaban J connectivity index is 1.75. The van der Waals surface area contributed by atoms with E-state index in [2.05, 4.69) is 15.4 Å². The van der Waals surface area contributed by atoms with Gasteiger partial charge < -0.3 is 5.32 Å². The number of halogens is 1. The van der Waals surface area contributed by atoms with E-state index in [1.807, 2.05) is 31.2 Å². The average molecular weight is 372 g/mol. The molecule has 0 fully saturated rings. The third-order valence-electron chi connectivity index (χ3n) is 3.83. The number of nitro groups is 1. The van der Waals surface area contributed by atoms with Crippen molar-refractivity contribution in [1.29, 1.82) is 0 Å². The first-order valence-electron chi connectivity index (χ1n) is 7.65. The number of nitrogens with zero attached hydrogens (tertiary/aromatic N) is 4. The molecule has 0 saturated carbocycles. The standard InChI is InChI=1S/C17H14ClN5O3/c1-11(12-2-4-13(5-3-12)22-10-19-9-20-22)21-17(24)15-8-14(23(25)26)6-7-16(15)18/h2-11H,1H3,(H,21,24). The molecule has 0 radical (unpaired) electrons. The largest absolute Gasteiger partial charge is 0.345 e. The first kappa shape index (κ1) is 17.6. The molecular formula is C17H14ClN5O3. The summed E-state index contributed by atoms with van der Waals surface area (Å²) in [7, 11) is 0. The van der Waals surface area contributed by atoms with Crippen LogP contribution in [0.15, 0.2) is 55.1 Å². The van der Waals surface area contributed by atoms with Gasteiger partial charge >= 0.3 is 0 Å². The quantitative estimate of drug-likeness (QED) is 0.547. The van der Waals surface area contributed by atoms with E-state index in [0.29, 0.717) is 0 Å². The first-order chi connectivity index (χ1) is 12.5. The Labute approximate surface area is 153 Å². The van der Waals surface area contributed by atoms with Gasteiger partial charge in [0.05, 0.1) is 27.2 Å². The van der Waals surface area contributed by atoms with Gasteiger partial charge in [-0.25, -0.2) is 9.67 Å². The maximum absolute atomic E-state index is 12.4. The molecule has 9 heteroatoms. The highest BCUT2D eigenvalue weighted by Gasteiger charge is 2.18. The van der Waals surface area contributed by atoms with Gasteiger partial charge in [-0.3, -0.25) is 14.9 Å². The molecule has 0 bridgehead atoms. The molecule has 1 aromatic heterocycles. The van der Waals surface area contributed by atoms with Gasteiger partial charge in [-0.1, -0.05) is 23.7 Å². The predicted octanol–water partition coefficient (Wildman–Crippen LogP) is 3.32. The summed E-state index contributed by atoms with van der Waals surface area (Å²) in [4.78, 5) is 26.6. The van der Waals surface area contributed by atoms with Gasteiger partial charge in [0.1, 0.15) is 12.7 Å². The number of non-ortho nitro benzene ring substituents is 1. The number of rotatable bonds is 5. The van der Waals surface area contributed by atoms with Crippen molar-refractivity contribution in [3.8, 4) is 5.69 Å². The van der Waals surface area contributed by atoms with Crippen LogP contribution >= 0.6 is 11.6 Å². The highest BCUT2D eigenvalue weighted by molar-refractivity contribution is 6.33. The lowest BCUT2D eigenvalue weighted by molar-refractivity contribution is -0.384. The summed E-state index contributed by atoms with van der Waals surface area (Å²) in [5.74, 6) is -0.480. The number of nitrogens with one attached hydrogen (secondary N) is 1. The molecule has 3 rings (SSSR count). The summed E-state index contributed by atoms with van der Waals surface area (Å²) in [6.45, 7) is 1.81. The first-order valence-corrected chi connectivity index (χ1v) is 8.03. The number of nitro benzene ring substituents is 1. The smallest absolute Gasteiger partial charge is 0.270 e. The Bertz CT molecular complexity index is 942. The van der Waals surface area contributed by atoms with Gasteiger partial charge in [-0.05, 0) is 30.7 Å². The van der Waals surface area contributed by atoms with E-state index in [0.717, 1.165) is 17.3 Å². The Hall–Kier alpha value is -3.26. The second-order valence-electron chi connectivity index (χ2n) is 5.55. The van der Waals surface area contributed by atoms with Crippen LogP contribution in [0.4, 0.5) is 5.69 Å². The summed E-state index contributed by atoms with van der Waals surface area (Å²) in [6.07, 6.45) is 3.03. The van der Waals surface area contributed by atoms with E-state index >= 15 is 0 Å². The normalized spacial score (nSPS) is 11.8. The van der Waals surface area contributed by atoms with Crippen molar-refractivity contribution in [2.45, 2.75) is 13.0 Å². The molecule has 1 heterocycles. The fourth-order valence-electron chi connectivity index (χ4n) is 2.42. The summed E-state index contributed by atoms with van der Waals surface area (Å²) < 4.78 is 1.62. The second-order valence-corrected chi connectivity index (χ2v) is 5.96. The van der Waals surface area contributed by atoms with Crippen LogP contribution in [-0.2, 0) is 0 Å². The molecule has 1 atom stereocenters. The lowest BCUT2D eigenvalue weighted by Crippen LogP contribution is -2.27. The van der Waals surface area contributed by atoms with Crippen LogP contribution in [0.3, 0.4) is 0 Å². The molecular weight excluding hydrogens is 358 g/mol. The molecule has 0 aliphatic rings. The molecule has 132 valence electrons. The Morgan fingerprint density at radius 3 is 2.62 bits per heavy atom. The molecule has 1 amide bonds. The van der Waals surface area contributed by atoms with Crippen molar-refractivity contribution >= 4 is 23.2 Å². The van der Waals surface area contributed by atoms with E-state index in [4.69, 9.17) is 11.6 Å². The third-order valence-corrected chi connectivity index (χ3v) is 4.16. The van der Waals surface area contributed by atoms with Gasteiger partial charge in [0, 0.05) is 12.1 Å². The van der Waals surface area contributed by atoms with Crippen LogP contribution in [0.2, 0.25) is 5.02 Å². The topological polar surface area (TPSA) is 103 Å². The van der Waals surface area contributed by atoms with E-state index in [1.54, 1.807) is 11.0 Å². The highest BCUT2D eigenvalue weighted by Crippen LogP contribution is 2.23. The maximum atomic E-state index is 12.4. The van der Waals surface area contributed by atoms with Gasteiger partial charge in [0.2, 0.25) is 0 Å². The third kappa shape index (κ3) is 3.70. The van der Waals surface area contributed by atoms with E-state index in [-0.39, 0.29) is 22.3 Å². The lowest BCUT2D eigenvalue weighted by Gasteiger charge is -2.15. The number of hydrogen-bond acceptors (Lipinski definition) is 5. The Morgan fingerprint density at radius 2 is 2.00 bits per heavy atom. The molecule has 3 aromatic rings. The van der Waals surface area contributed by atoms with Crippen LogP contribution in [0.1, 0.15) is 28.9 Å². The minimum atomic E-state index is -0.570. The van der Waals surface area contributed by atoms with Crippen molar-refractivity contribution in [1.82, 2.24) is 20.1 Å². The summed E-state index contributed by atoms with van der Waals surface area (Å²) in [5.41, 5.74) is 1.58. The SMILES string of the molecule is CC(NC(=O)c1cc([N+](=O)[O-])ccc1Cl)c1ccc(-n2cncn2)cc1. The zero-order chi connectivity index (χ0) is 18.7. The monoisotopic (exact) mass is 371 g/mol. The maximum Gasteiger partial charge on any atom is 0.270 e. The second kappa shape index (κ2) is 7.32. The predicted molar refractivity (Wildman–Crippen MR) is 95.3 cm³/mol. The van der Waals surface area contributed by atoms with Crippen LogP contribution in [0, 0.1) is 10.1 Å². The van der Waals surface area contributed by atoms with Crippen molar-refractivity contribution < 1.29 is 9.72 Å². The molecule has 1 unspecified atom stereocenters. The van der Waals surface area contributed by atoms with Crippen LogP contribution in [-0.4, -0.2) is 25.6 Å². The molecule has 26 heavy (non-hydrogen) atoms. The molecule has 0 spiro atoms. The van der Waals surface area contributed by atoms with Crippen LogP contribution < -0.4 is 5.32 Å². The summed E-state index contributed by atoms with van der Waals surface area (Å²) in [6, 6.07) is 10.9. The van der Waals surface area contributed by atoms with Gasteiger partial charge in [-0.15, -0.1) is 0 Å². The number of hydrogen-bond donors (Lipinski definition) is 1. The van der Waals surface area contributed by atoms with Crippen molar-refractivity contribution in [3.05, 3.63) is 81.4 Å². The number of carbonyl (C=O) groups is 1. The summed E-state index contributed by atoms with van der Waals surface area (Å²) in [5, 5.41) is 17.9. The van der Waals surface area contributed by atoms with Gasteiger partial charge in [0.25, 0.3) is 11.6 Å². The fourth-order valence-corrected chi connectivity index (χ4v) is 2.62. The molecule has 0 aliphatic heterocycles. The van der Waals surface area contributed by atoms with Gasteiger partial charge in [-0.2, -0.15) is 5.10 Å². The number of carbonyl (C=O) groups excluding carboxylic acids is 1. The molecule has 2 aromatic carbocycles. The zero-order valence-electron chi connectivity index (χ0n) is 13.7. The van der Waals surface area contributed by atoms with E-state index < -0.39 is 10.8 Å². The minimum absolute atomic E-state index is 0.0620. The molecule has 8 nitrogen and oxygen atoms in total. The average Bonchev–Trinajstić information content (AvgIpc) is 3.16. The van der Waals surface area contributed by atoms with E-state index in [1.165, 1.54) is 18.5 Å². The van der Waals surface area contributed by atoms with Crippen molar-refractivity contribution in [2.24, 2.45) is 0 Å². The van der Waals surface area contributed by atoms with Crippen LogP contribution in [0.25, 0.3) is 5.69 Å². The summed E-state index contributed by atoms with van der Waals surface area (Å²) >= 11 is 6.00. The fraction of sp³-hybridized carbons (Fsp3) is 0.118. The van der Waals surface area contributed by atoms with Crippen molar-refractivity contribution in [2.75, 3.05) is 0 Å². The highest BCUT2D eigenvalue weighted by atomic mass is 35.5. The zero-order valence-corrected chi connectivity index (χ0v) is 14.4. The Morgan fingerprint density at radius 1 is 1.27 bits per heavy atom. The van der Waals surface area contributed by atoms with E-state index in [9.17, 15) is 14.9 Å². The number of aromatic nitrogens is 3. The van der Waals surface area contributed by atoms with Crippen molar-refractivity contribution in [3.63, 3.8) is 0 Å². The number of benzene rings is 2. The molecule has 0 aliphatic carbocycles. The molecule has 1 N–H and O–H groups in total. The Kier molecular flexibility index (Phi) is 4.94. The molecule has 0 saturated heterocycles. The van der Waals surface area contributed by atoms with Crippen LogP contribution in [0.5, 0.6) is 0 Å². The lowest BCUT2D eigenvalue weighted by atomic mass is 10.1. The minimum Gasteiger partial charge on any atom is -0.345 e.